The number of rotatable bonds is 2. The fourth-order valence-electron chi connectivity index (χ4n) is 1.05. The summed E-state index contributed by atoms with van der Waals surface area (Å²) in [6.45, 7) is 0. The Morgan fingerprint density at radius 1 is 1.17 bits per heavy atom. The van der Waals surface area contributed by atoms with E-state index in [1.165, 1.54) is 0 Å². The zero-order valence-electron chi connectivity index (χ0n) is 8.16. The van der Waals surface area contributed by atoms with Gasteiger partial charge in [0.15, 0.2) is 11.4 Å². The van der Waals surface area contributed by atoms with E-state index in [1.54, 1.807) is 0 Å². The molecule has 0 bridgehead atoms. The van der Waals surface area contributed by atoms with Crippen molar-refractivity contribution in [1.29, 1.82) is 0 Å². The molecule has 0 saturated carbocycles. The average molecular weight is 298 g/mol. The first-order valence-electron chi connectivity index (χ1n) is 4.13. The Labute approximate surface area is 100 Å². The molecule has 0 N–H and O–H groups in total. The Bertz CT molecular complexity index is 442. The molecule has 0 fully saturated rings. The van der Waals surface area contributed by atoms with Gasteiger partial charge in [-0.15, -0.1) is 24.8 Å². The van der Waals surface area contributed by atoms with Crippen molar-refractivity contribution >= 4 is 11.6 Å². The molecule has 0 atom stereocenters. The smallest absolute Gasteiger partial charge is 0.401 e. The van der Waals surface area contributed by atoms with Crippen LogP contribution in [0.4, 0.5) is 30.7 Å². The molecule has 10 heteroatoms. The van der Waals surface area contributed by atoms with Gasteiger partial charge in [-0.25, -0.2) is 4.98 Å². The molecule has 0 unspecified atom stereocenters. The van der Waals surface area contributed by atoms with Gasteiger partial charge >= 0.3 is 12.5 Å². The van der Waals surface area contributed by atoms with E-state index in [9.17, 15) is 30.7 Å². The normalized spacial score (nSPS) is 12.7. The van der Waals surface area contributed by atoms with Crippen LogP contribution in [-0.2, 0) is 12.1 Å². The van der Waals surface area contributed by atoms with Gasteiger partial charge in [0.2, 0.25) is 0 Å². The molecule has 0 amide bonds. The van der Waals surface area contributed by atoms with Crippen LogP contribution in [0.3, 0.4) is 0 Å². The van der Waals surface area contributed by atoms with Gasteiger partial charge in [-0.05, 0) is 6.07 Å². The second kappa shape index (κ2) is 4.79. The van der Waals surface area contributed by atoms with Gasteiger partial charge in [0.25, 0.3) is 5.95 Å². The van der Waals surface area contributed by atoms with Crippen molar-refractivity contribution < 1.29 is 35.5 Å². The summed E-state index contributed by atoms with van der Waals surface area (Å²) in [6, 6.07) is 0.214. The van der Waals surface area contributed by atoms with E-state index in [0.29, 0.717) is 0 Å². The summed E-state index contributed by atoms with van der Waals surface area (Å²) in [5.74, 6) is -4.28. The summed E-state index contributed by atoms with van der Waals surface area (Å²) in [4.78, 5) is 2.40. The SMILES string of the molecule is Fc1nc(C(F)(F)F)c(CCl)cc1OC(F)(F)F. The topological polar surface area (TPSA) is 22.1 Å². The van der Waals surface area contributed by atoms with Crippen LogP contribution < -0.4 is 4.74 Å². The highest BCUT2D eigenvalue weighted by Gasteiger charge is 2.38. The Hall–Kier alpha value is -1.25. The average Bonchev–Trinajstić information content (AvgIpc) is 2.17. The fraction of sp³-hybridized carbons (Fsp3) is 0.375. The minimum Gasteiger partial charge on any atom is -0.401 e. The summed E-state index contributed by atoms with van der Waals surface area (Å²) in [7, 11) is 0. The van der Waals surface area contributed by atoms with Crippen molar-refractivity contribution in [3.8, 4) is 5.75 Å². The van der Waals surface area contributed by atoms with Gasteiger partial charge < -0.3 is 4.74 Å². The number of ether oxygens (including phenoxy) is 1. The molecule has 102 valence electrons. The first-order valence-corrected chi connectivity index (χ1v) is 4.66. The number of nitrogens with zero attached hydrogens (tertiary/aromatic N) is 1. The Morgan fingerprint density at radius 2 is 1.72 bits per heavy atom. The van der Waals surface area contributed by atoms with Gasteiger partial charge in [-0.1, -0.05) is 0 Å². The molecular weight excluding hydrogens is 295 g/mol. The highest BCUT2D eigenvalue weighted by Crippen LogP contribution is 2.35. The molecule has 0 saturated heterocycles. The second-order valence-electron chi connectivity index (χ2n) is 2.96. The van der Waals surface area contributed by atoms with Crippen molar-refractivity contribution in [1.82, 2.24) is 4.98 Å². The van der Waals surface area contributed by atoms with Crippen molar-refractivity contribution in [2.45, 2.75) is 18.4 Å². The van der Waals surface area contributed by atoms with E-state index in [2.05, 4.69) is 9.72 Å². The van der Waals surface area contributed by atoms with Crippen LogP contribution in [0.2, 0.25) is 0 Å². The molecule has 2 nitrogen and oxygen atoms in total. The lowest BCUT2D eigenvalue weighted by molar-refractivity contribution is -0.275. The lowest BCUT2D eigenvalue weighted by atomic mass is 10.2. The molecular formula is C8H3ClF7NO. The molecule has 18 heavy (non-hydrogen) atoms. The van der Waals surface area contributed by atoms with Crippen LogP contribution in [-0.4, -0.2) is 11.3 Å². The van der Waals surface area contributed by atoms with Gasteiger partial charge in [0, 0.05) is 11.4 Å². The van der Waals surface area contributed by atoms with Crippen molar-refractivity contribution in [2.24, 2.45) is 0 Å². The number of halogens is 8. The van der Waals surface area contributed by atoms with Crippen LogP contribution in [0.5, 0.6) is 5.75 Å². The standard InChI is InChI=1S/C8H3ClF7NO/c9-2-3-1-4(18-8(14,15)16)6(10)17-5(3)7(11,12)13/h1H,2H2. The van der Waals surface area contributed by atoms with Gasteiger partial charge in [0.1, 0.15) is 0 Å². The molecule has 0 aliphatic heterocycles. The number of hydrogen-bond acceptors (Lipinski definition) is 2. The van der Waals surface area contributed by atoms with E-state index in [4.69, 9.17) is 11.6 Å². The van der Waals surface area contributed by atoms with Gasteiger partial charge in [-0.2, -0.15) is 17.6 Å². The number of hydrogen-bond donors (Lipinski definition) is 0. The van der Waals surface area contributed by atoms with E-state index in [1.807, 2.05) is 0 Å². The van der Waals surface area contributed by atoms with Crippen molar-refractivity contribution in [3.05, 3.63) is 23.3 Å². The third-order valence-corrected chi connectivity index (χ3v) is 1.95. The predicted octanol–water partition coefficient (Wildman–Crippen LogP) is 3.88. The summed E-state index contributed by atoms with van der Waals surface area (Å²) in [5.41, 5.74) is -2.51. The van der Waals surface area contributed by atoms with Gasteiger partial charge in [0.05, 0.1) is 0 Å². The minimum atomic E-state index is -5.24. The third-order valence-electron chi connectivity index (χ3n) is 1.66. The lowest BCUT2D eigenvalue weighted by Gasteiger charge is -2.14. The lowest BCUT2D eigenvalue weighted by Crippen LogP contribution is -2.20. The fourth-order valence-corrected chi connectivity index (χ4v) is 1.26. The third kappa shape index (κ3) is 3.62. The number of aromatic nitrogens is 1. The number of alkyl halides is 7. The van der Waals surface area contributed by atoms with E-state index < -0.39 is 41.4 Å². The maximum absolute atomic E-state index is 12.9. The monoisotopic (exact) mass is 297 g/mol. The molecule has 0 spiro atoms. The van der Waals surface area contributed by atoms with Crippen LogP contribution in [0, 0.1) is 5.95 Å². The van der Waals surface area contributed by atoms with E-state index in [0.717, 1.165) is 0 Å². The zero-order chi connectivity index (χ0) is 14.1. The summed E-state index contributed by atoms with van der Waals surface area (Å²) in [6.07, 6.45) is -10.3. The second-order valence-corrected chi connectivity index (χ2v) is 3.23. The highest BCUT2D eigenvalue weighted by atomic mass is 35.5. The molecule has 1 rings (SSSR count). The zero-order valence-corrected chi connectivity index (χ0v) is 8.92. The first kappa shape index (κ1) is 14.8. The molecule has 1 heterocycles. The van der Waals surface area contributed by atoms with Crippen LogP contribution >= 0.6 is 11.6 Å². The van der Waals surface area contributed by atoms with Crippen molar-refractivity contribution in [2.75, 3.05) is 0 Å². The van der Waals surface area contributed by atoms with Crippen LogP contribution in [0.15, 0.2) is 6.07 Å². The van der Waals surface area contributed by atoms with Crippen LogP contribution in [0.1, 0.15) is 11.3 Å². The first-order chi connectivity index (χ1) is 8.04. The van der Waals surface area contributed by atoms with Crippen molar-refractivity contribution in [3.63, 3.8) is 0 Å². The van der Waals surface area contributed by atoms with E-state index >= 15 is 0 Å². The molecule has 1 aromatic rings. The number of pyridine rings is 1. The summed E-state index contributed by atoms with van der Waals surface area (Å²) in [5, 5.41) is 0. The Kier molecular flexibility index (Phi) is 3.94. The largest absolute Gasteiger partial charge is 0.573 e. The maximum atomic E-state index is 12.9. The van der Waals surface area contributed by atoms with Gasteiger partial charge in [-0.3, -0.25) is 0 Å². The molecule has 1 aromatic heterocycles. The Balaban J connectivity index is 3.27. The van der Waals surface area contributed by atoms with Crippen LogP contribution in [0.25, 0.3) is 0 Å². The minimum absolute atomic E-state index is 0.214. The molecule has 0 aliphatic rings. The van der Waals surface area contributed by atoms with E-state index in [-0.39, 0.29) is 6.07 Å². The molecule has 0 radical (unpaired) electrons. The molecule has 0 aliphatic carbocycles. The Morgan fingerprint density at radius 3 is 2.11 bits per heavy atom. The molecule has 0 aromatic carbocycles. The summed E-state index contributed by atoms with van der Waals surface area (Å²) >= 11 is 5.13. The maximum Gasteiger partial charge on any atom is 0.573 e. The predicted molar refractivity (Wildman–Crippen MR) is 45.4 cm³/mol. The summed E-state index contributed by atoms with van der Waals surface area (Å²) < 4.78 is 88.6. The quantitative estimate of drug-likeness (QED) is 0.469. The highest BCUT2D eigenvalue weighted by molar-refractivity contribution is 6.17.